The van der Waals surface area contributed by atoms with Gasteiger partial charge >= 0.3 is 6.61 Å². The van der Waals surface area contributed by atoms with Crippen LogP contribution >= 0.6 is 0 Å². The Morgan fingerprint density at radius 1 is 1.17 bits per heavy atom. The van der Waals surface area contributed by atoms with Crippen LogP contribution in [0.3, 0.4) is 0 Å². The third kappa shape index (κ3) is 3.86. The van der Waals surface area contributed by atoms with Crippen LogP contribution in [0.15, 0.2) is 48.5 Å². The van der Waals surface area contributed by atoms with Gasteiger partial charge in [0.1, 0.15) is 5.75 Å². The van der Waals surface area contributed by atoms with Crippen molar-refractivity contribution < 1.29 is 18.3 Å². The van der Waals surface area contributed by atoms with Gasteiger partial charge < -0.3 is 10.1 Å². The molecule has 0 aromatic heterocycles. The van der Waals surface area contributed by atoms with Gasteiger partial charge in [-0.25, -0.2) is 0 Å². The van der Waals surface area contributed by atoms with E-state index in [9.17, 15) is 13.6 Å². The largest absolute Gasteiger partial charge is 0.435 e. The molecule has 120 valence electrons. The Labute approximate surface area is 133 Å². The second-order valence-corrected chi connectivity index (χ2v) is 5.59. The number of aryl methyl sites for hydroxylation is 1. The molecule has 1 N–H and O–H groups in total. The quantitative estimate of drug-likeness (QED) is 0.890. The Kier molecular flexibility index (Phi) is 4.55. The SMILES string of the molecule is O=C(CC1CCc2ccccc21)Nc1ccc(OC(F)F)cc1. The summed E-state index contributed by atoms with van der Waals surface area (Å²) in [6.07, 6.45) is 2.41. The minimum absolute atomic E-state index is 0.0720. The van der Waals surface area contributed by atoms with Crippen LogP contribution in [-0.4, -0.2) is 12.5 Å². The van der Waals surface area contributed by atoms with Gasteiger partial charge in [-0.2, -0.15) is 8.78 Å². The summed E-state index contributed by atoms with van der Waals surface area (Å²) in [4.78, 5) is 12.2. The minimum atomic E-state index is -2.85. The fourth-order valence-corrected chi connectivity index (χ4v) is 3.01. The number of hydrogen-bond donors (Lipinski definition) is 1. The minimum Gasteiger partial charge on any atom is -0.435 e. The normalized spacial score (nSPS) is 16.2. The highest BCUT2D eigenvalue weighted by atomic mass is 19.3. The summed E-state index contributed by atoms with van der Waals surface area (Å²) in [6, 6.07) is 14.1. The van der Waals surface area contributed by atoms with Gasteiger partial charge in [-0.05, 0) is 54.2 Å². The van der Waals surface area contributed by atoms with Crippen molar-refractivity contribution in [1.29, 1.82) is 0 Å². The molecule has 0 radical (unpaired) electrons. The van der Waals surface area contributed by atoms with E-state index in [-0.39, 0.29) is 17.6 Å². The van der Waals surface area contributed by atoms with Gasteiger partial charge in [-0.1, -0.05) is 24.3 Å². The molecule has 0 fully saturated rings. The van der Waals surface area contributed by atoms with Gasteiger partial charge in [0.2, 0.25) is 5.91 Å². The first kappa shape index (κ1) is 15.5. The number of nitrogens with one attached hydrogen (secondary N) is 1. The van der Waals surface area contributed by atoms with Crippen LogP contribution in [0, 0.1) is 0 Å². The maximum Gasteiger partial charge on any atom is 0.387 e. The zero-order valence-electron chi connectivity index (χ0n) is 12.5. The molecule has 1 amide bonds. The van der Waals surface area contributed by atoms with E-state index in [0.717, 1.165) is 12.8 Å². The molecule has 23 heavy (non-hydrogen) atoms. The summed E-state index contributed by atoms with van der Waals surface area (Å²) in [6.45, 7) is -2.85. The molecule has 1 aliphatic carbocycles. The van der Waals surface area contributed by atoms with Crippen LogP contribution < -0.4 is 10.1 Å². The molecule has 1 aliphatic rings. The summed E-state index contributed by atoms with van der Waals surface area (Å²) in [5.41, 5.74) is 3.14. The Balaban J connectivity index is 1.58. The summed E-state index contributed by atoms with van der Waals surface area (Å²) in [5.74, 6) is 0.240. The van der Waals surface area contributed by atoms with E-state index >= 15 is 0 Å². The summed E-state index contributed by atoms with van der Waals surface area (Å²) < 4.78 is 28.5. The molecule has 1 atom stereocenters. The van der Waals surface area contributed by atoms with Crippen LogP contribution in [0.5, 0.6) is 5.75 Å². The third-order valence-electron chi connectivity index (χ3n) is 4.05. The first-order valence-electron chi connectivity index (χ1n) is 7.54. The third-order valence-corrected chi connectivity index (χ3v) is 4.05. The predicted molar refractivity (Wildman–Crippen MR) is 83.8 cm³/mol. The highest BCUT2D eigenvalue weighted by Crippen LogP contribution is 2.35. The van der Waals surface area contributed by atoms with Crippen LogP contribution in [0.25, 0.3) is 0 Å². The van der Waals surface area contributed by atoms with E-state index in [4.69, 9.17) is 0 Å². The lowest BCUT2D eigenvalue weighted by Crippen LogP contribution is -2.14. The molecular formula is C18H17F2NO2. The van der Waals surface area contributed by atoms with Crippen LogP contribution in [0.1, 0.15) is 29.9 Å². The summed E-state index contributed by atoms with van der Waals surface area (Å²) in [5, 5.41) is 2.80. The number of ether oxygens (including phenoxy) is 1. The van der Waals surface area contributed by atoms with Gasteiger partial charge in [-0.3, -0.25) is 4.79 Å². The topological polar surface area (TPSA) is 38.3 Å². The van der Waals surface area contributed by atoms with E-state index in [2.05, 4.69) is 22.2 Å². The molecule has 0 bridgehead atoms. The average molecular weight is 317 g/mol. The fourth-order valence-electron chi connectivity index (χ4n) is 3.01. The molecule has 2 aromatic rings. The summed E-state index contributed by atoms with van der Waals surface area (Å²) >= 11 is 0. The van der Waals surface area contributed by atoms with Crippen molar-refractivity contribution in [2.24, 2.45) is 0 Å². The van der Waals surface area contributed by atoms with Crippen molar-refractivity contribution in [2.75, 3.05) is 5.32 Å². The Morgan fingerprint density at radius 2 is 1.91 bits per heavy atom. The van der Waals surface area contributed by atoms with Crippen LogP contribution in [0.4, 0.5) is 14.5 Å². The van der Waals surface area contributed by atoms with Gasteiger partial charge in [0.05, 0.1) is 0 Å². The maximum atomic E-state index is 12.2. The van der Waals surface area contributed by atoms with Gasteiger partial charge in [-0.15, -0.1) is 0 Å². The standard InChI is InChI=1S/C18H17F2NO2/c19-18(20)23-15-9-7-14(8-10-15)21-17(22)11-13-6-5-12-3-1-2-4-16(12)13/h1-4,7-10,13,18H,5-6,11H2,(H,21,22). The molecule has 0 heterocycles. The van der Waals surface area contributed by atoms with Crippen molar-refractivity contribution in [2.45, 2.75) is 31.8 Å². The first-order chi connectivity index (χ1) is 11.1. The van der Waals surface area contributed by atoms with E-state index in [1.807, 2.05) is 12.1 Å². The molecule has 0 saturated heterocycles. The number of fused-ring (bicyclic) bond motifs is 1. The van der Waals surface area contributed by atoms with Gasteiger partial charge in [0.25, 0.3) is 0 Å². The highest BCUT2D eigenvalue weighted by molar-refractivity contribution is 5.91. The van der Waals surface area contributed by atoms with Gasteiger partial charge in [0.15, 0.2) is 0 Å². The van der Waals surface area contributed by atoms with Gasteiger partial charge in [0, 0.05) is 12.1 Å². The number of rotatable bonds is 5. The molecule has 2 aromatic carbocycles. The van der Waals surface area contributed by atoms with Crippen LogP contribution in [0.2, 0.25) is 0 Å². The fraction of sp³-hybridized carbons (Fsp3) is 0.278. The number of halogens is 2. The lowest BCUT2D eigenvalue weighted by Gasteiger charge is -2.12. The number of amides is 1. The lowest BCUT2D eigenvalue weighted by atomic mass is 9.97. The number of carbonyl (C=O) groups is 1. The number of anilines is 1. The van der Waals surface area contributed by atoms with Crippen molar-refractivity contribution in [3.05, 3.63) is 59.7 Å². The Morgan fingerprint density at radius 3 is 2.65 bits per heavy atom. The highest BCUT2D eigenvalue weighted by Gasteiger charge is 2.24. The van der Waals surface area contributed by atoms with Crippen molar-refractivity contribution in [3.63, 3.8) is 0 Å². The Bertz CT molecular complexity index is 686. The van der Waals surface area contributed by atoms with Crippen molar-refractivity contribution in [3.8, 4) is 5.75 Å². The molecule has 0 saturated carbocycles. The molecule has 3 nitrogen and oxygen atoms in total. The smallest absolute Gasteiger partial charge is 0.387 e. The number of benzene rings is 2. The van der Waals surface area contributed by atoms with Crippen molar-refractivity contribution >= 4 is 11.6 Å². The van der Waals surface area contributed by atoms with E-state index in [1.165, 1.54) is 23.3 Å². The number of alkyl halides is 2. The van der Waals surface area contributed by atoms with E-state index in [1.54, 1.807) is 12.1 Å². The second kappa shape index (κ2) is 6.77. The Hall–Kier alpha value is -2.43. The number of carbonyl (C=O) groups excluding carboxylic acids is 1. The van der Waals surface area contributed by atoms with Crippen LogP contribution in [-0.2, 0) is 11.2 Å². The number of hydrogen-bond acceptors (Lipinski definition) is 2. The average Bonchev–Trinajstić information content (AvgIpc) is 2.92. The second-order valence-electron chi connectivity index (χ2n) is 5.59. The van der Waals surface area contributed by atoms with E-state index in [0.29, 0.717) is 12.1 Å². The molecular weight excluding hydrogens is 300 g/mol. The predicted octanol–water partition coefficient (Wildman–Crippen LogP) is 4.35. The lowest BCUT2D eigenvalue weighted by molar-refractivity contribution is -0.116. The zero-order valence-corrected chi connectivity index (χ0v) is 12.5. The molecule has 3 rings (SSSR count). The van der Waals surface area contributed by atoms with E-state index < -0.39 is 6.61 Å². The first-order valence-corrected chi connectivity index (χ1v) is 7.54. The molecule has 5 heteroatoms. The maximum absolute atomic E-state index is 12.2. The zero-order chi connectivity index (χ0) is 16.2. The molecule has 0 aliphatic heterocycles. The molecule has 1 unspecified atom stereocenters. The molecule has 0 spiro atoms. The monoisotopic (exact) mass is 317 g/mol. The van der Waals surface area contributed by atoms with Crippen molar-refractivity contribution in [1.82, 2.24) is 0 Å². The summed E-state index contributed by atoms with van der Waals surface area (Å²) in [7, 11) is 0.